The third-order valence-electron chi connectivity index (χ3n) is 3.11. The molecular formula is C14H23N. The highest BCUT2D eigenvalue weighted by molar-refractivity contribution is 5.26. The summed E-state index contributed by atoms with van der Waals surface area (Å²) in [5, 5.41) is 3.57. The van der Waals surface area contributed by atoms with Gasteiger partial charge in [0.25, 0.3) is 0 Å². The Bertz CT molecular complexity index is 291. The van der Waals surface area contributed by atoms with E-state index in [9.17, 15) is 0 Å². The molecule has 0 fully saturated rings. The minimum absolute atomic E-state index is 0.579. The molecule has 0 heterocycles. The van der Waals surface area contributed by atoms with Crippen LogP contribution in [0.1, 0.15) is 38.8 Å². The Morgan fingerprint density at radius 2 is 1.67 bits per heavy atom. The smallest absolute Gasteiger partial charge is 0.0210 e. The molecule has 1 heteroatoms. The maximum absolute atomic E-state index is 3.57. The first-order valence-electron chi connectivity index (χ1n) is 5.95. The Labute approximate surface area is 93.9 Å². The van der Waals surface area contributed by atoms with E-state index in [-0.39, 0.29) is 0 Å². The number of rotatable bonds is 5. The Morgan fingerprint density at radius 1 is 1.07 bits per heavy atom. The zero-order valence-electron chi connectivity index (χ0n) is 10.4. The van der Waals surface area contributed by atoms with E-state index in [1.807, 2.05) is 0 Å². The van der Waals surface area contributed by atoms with Gasteiger partial charge in [-0.05, 0) is 30.4 Å². The molecule has 0 aliphatic rings. The minimum atomic E-state index is 0.579. The molecule has 0 saturated carbocycles. The predicted octanol–water partition coefficient (Wildman–Crippen LogP) is 3.38. The topological polar surface area (TPSA) is 12.0 Å². The maximum Gasteiger partial charge on any atom is 0.0210 e. The van der Waals surface area contributed by atoms with Crippen molar-refractivity contribution in [3.8, 4) is 0 Å². The van der Waals surface area contributed by atoms with Crippen molar-refractivity contribution in [1.29, 1.82) is 0 Å². The predicted molar refractivity (Wildman–Crippen MR) is 67.0 cm³/mol. The normalized spacial score (nSPS) is 13.1. The van der Waals surface area contributed by atoms with Crippen molar-refractivity contribution >= 4 is 0 Å². The van der Waals surface area contributed by atoms with Crippen LogP contribution >= 0.6 is 0 Å². The fourth-order valence-electron chi connectivity index (χ4n) is 1.58. The van der Waals surface area contributed by atoms with Crippen molar-refractivity contribution in [2.75, 3.05) is 0 Å². The Kier molecular flexibility index (Phi) is 4.83. The van der Waals surface area contributed by atoms with Crippen molar-refractivity contribution in [3.63, 3.8) is 0 Å². The summed E-state index contributed by atoms with van der Waals surface area (Å²) in [6.07, 6.45) is 1.12. The summed E-state index contributed by atoms with van der Waals surface area (Å²) in [6, 6.07) is 9.26. The van der Waals surface area contributed by atoms with Crippen LogP contribution < -0.4 is 5.32 Å². The monoisotopic (exact) mass is 205 g/mol. The van der Waals surface area contributed by atoms with Crippen LogP contribution in [0.25, 0.3) is 0 Å². The maximum atomic E-state index is 3.57. The summed E-state index contributed by atoms with van der Waals surface area (Å²) in [5.41, 5.74) is 2.90. The van der Waals surface area contributed by atoms with Crippen LogP contribution in [-0.4, -0.2) is 6.04 Å². The molecule has 0 radical (unpaired) electrons. The molecule has 0 aliphatic heterocycles. The van der Waals surface area contributed by atoms with Gasteiger partial charge in [0.05, 0.1) is 0 Å². The molecule has 1 N–H and O–H groups in total. The average molecular weight is 205 g/mol. The molecule has 1 atom stereocenters. The van der Waals surface area contributed by atoms with Crippen molar-refractivity contribution in [2.45, 2.75) is 46.7 Å². The minimum Gasteiger partial charge on any atom is -0.310 e. The van der Waals surface area contributed by atoms with E-state index >= 15 is 0 Å². The lowest BCUT2D eigenvalue weighted by Gasteiger charge is -2.18. The third-order valence-corrected chi connectivity index (χ3v) is 3.11. The van der Waals surface area contributed by atoms with Crippen LogP contribution in [0.2, 0.25) is 0 Å². The molecular weight excluding hydrogens is 182 g/mol. The van der Waals surface area contributed by atoms with Gasteiger partial charge in [0.1, 0.15) is 0 Å². The lowest BCUT2D eigenvalue weighted by Crippen LogP contribution is -2.30. The molecule has 15 heavy (non-hydrogen) atoms. The van der Waals surface area contributed by atoms with Gasteiger partial charge in [0.2, 0.25) is 0 Å². The zero-order valence-corrected chi connectivity index (χ0v) is 10.4. The van der Waals surface area contributed by atoms with E-state index < -0.39 is 0 Å². The molecule has 1 unspecified atom stereocenters. The van der Waals surface area contributed by atoms with Gasteiger partial charge in [-0.15, -0.1) is 0 Å². The first kappa shape index (κ1) is 12.3. The summed E-state index contributed by atoms with van der Waals surface area (Å²) < 4.78 is 0. The molecule has 1 aromatic carbocycles. The van der Waals surface area contributed by atoms with Crippen molar-refractivity contribution in [2.24, 2.45) is 5.92 Å². The van der Waals surface area contributed by atoms with E-state index in [4.69, 9.17) is 0 Å². The van der Waals surface area contributed by atoms with E-state index in [2.05, 4.69) is 57.3 Å². The quantitative estimate of drug-likeness (QED) is 0.777. The molecule has 0 saturated heterocycles. The van der Waals surface area contributed by atoms with E-state index in [0.29, 0.717) is 12.0 Å². The average Bonchev–Trinajstić information content (AvgIpc) is 2.26. The SMILES string of the molecule is CCc1ccccc1CNC(C)C(C)C. The van der Waals surface area contributed by atoms with Crippen LogP contribution in [0.15, 0.2) is 24.3 Å². The Hall–Kier alpha value is -0.820. The molecule has 84 valence electrons. The summed E-state index contributed by atoms with van der Waals surface area (Å²) in [5.74, 6) is 0.693. The molecule has 1 nitrogen and oxygen atoms in total. The molecule has 1 aromatic rings. The number of hydrogen-bond acceptors (Lipinski definition) is 1. The molecule has 0 aliphatic carbocycles. The highest BCUT2D eigenvalue weighted by Crippen LogP contribution is 2.10. The standard InChI is InChI=1S/C14H23N/c1-5-13-8-6-7-9-14(13)10-15-12(4)11(2)3/h6-9,11-12,15H,5,10H2,1-4H3. The Morgan fingerprint density at radius 3 is 2.20 bits per heavy atom. The van der Waals surface area contributed by atoms with E-state index in [1.54, 1.807) is 0 Å². The molecule has 0 aromatic heterocycles. The number of aryl methyl sites for hydroxylation is 1. The van der Waals surface area contributed by atoms with Crippen molar-refractivity contribution in [3.05, 3.63) is 35.4 Å². The van der Waals surface area contributed by atoms with Gasteiger partial charge >= 0.3 is 0 Å². The van der Waals surface area contributed by atoms with Crippen LogP contribution in [0.3, 0.4) is 0 Å². The van der Waals surface area contributed by atoms with E-state index in [0.717, 1.165) is 13.0 Å². The first-order chi connectivity index (χ1) is 7.15. The van der Waals surface area contributed by atoms with Gasteiger partial charge < -0.3 is 5.32 Å². The first-order valence-corrected chi connectivity index (χ1v) is 5.95. The number of hydrogen-bond donors (Lipinski definition) is 1. The van der Waals surface area contributed by atoms with E-state index in [1.165, 1.54) is 11.1 Å². The summed E-state index contributed by atoms with van der Waals surface area (Å²) in [4.78, 5) is 0. The summed E-state index contributed by atoms with van der Waals surface area (Å²) in [6.45, 7) is 9.96. The second kappa shape index (κ2) is 5.92. The van der Waals surface area contributed by atoms with Crippen LogP contribution in [0, 0.1) is 5.92 Å². The molecule has 0 amide bonds. The highest BCUT2D eigenvalue weighted by atomic mass is 14.9. The van der Waals surface area contributed by atoms with Gasteiger partial charge in [-0.2, -0.15) is 0 Å². The van der Waals surface area contributed by atoms with Crippen molar-refractivity contribution in [1.82, 2.24) is 5.32 Å². The van der Waals surface area contributed by atoms with Gasteiger partial charge in [-0.25, -0.2) is 0 Å². The largest absolute Gasteiger partial charge is 0.310 e. The lowest BCUT2D eigenvalue weighted by molar-refractivity contribution is 0.425. The second-order valence-corrected chi connectivity index (χ2v) is 4.54. The van der Waals surface area contributed by atoms with Crippen molar-refractivity contribution < 1.29 is 0 Å². The number of nitrogens with one attached hydrogen (secondary N) is 1. The highest BCUT2D eigenvalue weighted by Gasteiger charge is 2.06. The second-order valence-electron chi connectivity index (χ2n) is 4.54. The molecule has 0 bridgehead atoms. The van der Waals surface area contributed by atoms with Gasteiger partial charge in [0, 0.05) is 12.6 Å². The van der Waals surface area contributed by atoms with Crippen LogP contribution in [0.4, 0.5) is 0 Å². The molecule has 1 rings (SSSR count). The van der Waals surface area contributed by atoms with Crippen LogP contribution in [-0.2, 0) is 13.0 Å². The van der Waals surface area contributed by atoms with Crippen LogP contribution in [0.5, 0.6) is 0 Å². The number of benzene rings is 1. The van der Waals surface area contributed by atoms with Gasteiger partial charge in [-0.1, -0.05) is 45.0 Å². The zero-order chi connectivity index (χ0) is 11.3. The third kappa shape index (κ3) is 3.67. The molecule has 0 spiro atoms. The summed E-state index contributed by atoms with van der Waals surface area (Å²) in [7, 11) is 0. The fourth-order valence-corrected chi connectivity index (χ4v) is 1.58. The summed E-state index contributed by atoms with van der Waals surface area (Å²) >= 11 is 0. The Balaban J connectivity index is 2.57. The van der Waals surface area contributed by atoms with Gasteiger partial charge in [0.15, 0.2) is 0 Å². The van der Waals surface area contributed by atoms with Gasteiger partial charge in [-0.3, -0.25) is 0 Å². The fraction of sp³-hybridized carbons (Fsp3) is 0.571. The lowest BCUT2D eigenvalue weighted by atomic mass is 10.0.